The lowest BCUT2D eigenvalue weighted by Gasteiger charge is -2.11. The van der Waals surface area contributed by atoms with Gasteiger partial charge in [-0.3, -0.25) is 14.9 Å². The number of non-ortho nitro benzene ring substituents is 1. The smallest absolute Gasteiger partial charge is 0.376 e. The largest absolute Gasteiger partial charge is 0.433 e. The molecule has 1 fully saturated rings. The molecule has 0 saturated carbocycles. The molecule has 1 N–H and O–H groups in total. The van der Waals surface area contributed by atoms with E-state index in [1.165, 1.54) is 24.3 Å². The summed E-state index contributed by atoms with van der Waals surface area (Å²) < 4.78 is 46.9. The topological polar surface area (TPSA) is 112 Å². The van der Waals surface area contributed by atoms with Crippen LogP contribution >= 0.6 is 0 Å². The second-order valence-electron chi connectivity index (χ2n) is 6.97. The van der Waals surface area contributed by atoms with Gasteiger partial charge in [0.15, 0.2) is 17.0 Å². The fourth-order valence-electron chi connectivity index (χ4n) is 3.29. The van der Waals surface area contributed by atoms with Crippen molar-refractivity contribution in [3.05, 3.63) is 57.9 Å². The number of hydrogen-bond acceptors (Lipinski definition) is 6. The summed E-state index contributed by atoms with van der Waals surface area (Å²) >= 11 is 0. The number of amides is 1. The SMILES string of the molecule is O=C(NC[C@H]1CCCO1)c1cc2nc(-c3ccc([N+](=O)[O-])cc3)cc(C(F)(F)F)n2n1. The van der Waals surface area contributed by atoms with Gasteiger partial charge in [0.05, 0.1) is 16.7 Å². The third-order valence-electron chi connectivity index (χ3n) is 4.84. The number of alkyl halides is 3. The zero-order chi connectivity index (χ0) is 22.2. The first kappa shape index (κ1) is 20.7. The third kappa shape index (κ3) is 4.33. The van der Waals surface area contributed by atoms with E-state index in [1.54, 1.807) is 0 Å². The molecular formula is C19H16F3N5O4. The van der Waals surface area contributed by atoms with Crippen LogP contribution in [-0.2, 0) is 10.9 Å². The third-order valence-corrected chi connectivity index (χ3v) is 4.84. The van der Waals surface area contributed by atoms with Crippen molar-refractivity contribution in [3.8, 4) is 11.3 Å². The van der Waals surface area contributed by atoms with Crippen molar-refractivity contribution >= 4 is 17.2 Å². The molecule has 0 unspecified atom stereocenters. The molecule has 1 amide bonds. The standard InChI is InChI=1S/C19H16F3N5O4/c20-19(21,22)16-8-14(11-3-5-12(6-4-11)27(29)30)24-17-9-15(25-26(16)17)18(28)23-10-13-2-1-7-31-13/h3-6,8-9,13H,1-2,7,10H2,(H,23,28)/t13-/m1/s1. The van der Waals surface area contributed by atoms with Gasteiger partial charge in [-0.25, -0.2) is 9.50 Å². The molecule has 12 heteroatoms. The fourth-order valence-corrected chi connectivity index (χ4v) is 3.29. The van der Waals surface area contributed by atoms with Crippen LogP contribution < -0.4 is 5.32 Å². The minimum atomic E-state index is -4.77. The molecule has 1 saturated heterocycles. The Bertz CT molecular complexity index is 1140. The lowest BCUT2D eigenvalue weighted by Crippen LogP contribution is -2.32. The van der Waals surface area contributed by atoms with Crippen LogP contribution in [0.1, 0.15) is 29.0 Å². The van der Waals surface area contributed by atoms with Crippen molar-refractivity contribution in [2.45, 2.75) is 25.1 Å². The highest BCUT2D eigenvalue weighted by Crippen LogP contribution is 2.32. The van der Waals surface area contributed by atoms with E-state index in [2.05, 4.69) is 15.4 Å². The molecular weight excluding hydrogens is 419 g/mol. The molecule has 3 heterocycles. The summed E-state index contributed by atoms with van der Waals surface area (Å²) in [5.41, 5.74) is -1.51. The number of benzene rings is 1. The van der Waals surface area contributed by atoms with Gasteiger partial charge in [-0.05, 0) is 31.0 Å². The van der Waals surface area contributed by atoms with Crippen LogP contribution in [0, 0.1) is 10.1 Å². The summed E-state index contributed by atoms with van der Waals surface area (Å²) in [4.78, 5) is 26.7. The summed E-state index contributed by atoms with van der Waals surface area (Å²) in [5, 5.41) is 17.2. The van der Waals surface area contributed by atoms with E-state index in [4.69, 9.17) is 4.74 Å². The van der Waals surface area contributed by atoms with Crippen LogP contribution in [0.2, 0.25) is 0 Å². The Morgan fingerprint density at radius 2 is 2.03 bits per heavy atom. The van der Waals surface area contributed by atoms with Gasteiger partial charge in [-0.15, -0.1) is 0 Å². The summed E-state index contributed by atoms with van der Waals surface area (Å²) in [6.07, 6.45) is -3.21. The summed E-state index contributed by atoms with van der Waals surface area (Å²) in [6.45, 7) is 0.847. The Labute approximate surface area is 173 Å². The van der Waals surface area contributed by atoms with Crippen LogP contribution in [0.15, 0.2) is 36.4 Å². The highest BCUT2D eigenvalue weighted by molar-refractivity contribution is 5.93. The van der Waals surface area contributed by atoms with Gasteiger partial charge in [0, 0.05) is 36.9 Å². The number of rotatable bonds is 5. The highest BCUT2D eigenvalue weighted by atomic mass is 19.4. The molecule has 3 aromatic rings. The van der Waals surface area contributed by atoms with Crippen LogP contribution in [0.5, 0.6) is 0 Å². The average Bonchev–Trinajstić information content (AvgIpc) is 3.40. The molecule has 0 radical (unpaired) electrons. The first-order valence-electron chi connectivity index (χ1n) is 9.35. The van der Waals surface area contributed by atoms with Gasteiger partial charge in [-0.1, -0.05) is 0 Å². The minimum absolute atomic E-state index is 0.0547. The quantitative estimate of drug-likeness (QED) is 0.487. The molecule has 0 spiro atoms. The van der Waals surface area contributed by atoms with Gasteiger partial charge in [0.25, 0.3) is 11.6 Å². The van der Waals surface area contributed by atoms with Crippen molar-refractivity contribution in [1.82, 2.24) is 19.9 Å². The number of carbonyl (C=O) groups excluding carboxylic acids is 1. The number of nitrogens with one attached hydrogen (secondary N) is 1. The lowest BCUT2D eigenvalue weighted by atomic mass is 10.1. The van der Waals surface area contributed by atoms with Crippen molar-refractivity contribution in [3.63, 3.8) is 0 Å². The molecule has 2 aromatic heterocycles. The molecule has 4 rings (SSSR count). The second-order valence-corrected chi connectivity index (χ2v) is 6.97. The molecule has 31 heavy (non-hydrogen) atoms. The van der Waals surface area contributed by atoms with Crippen molar-refractivity contribution < 1.29 is 27.6 Å². The number of nitro benzene ring substituents is 1. The number of ether oxygens (including phenoxy) is 1. The molecule has 9 nitrogen and oxygen atoms in total. The lowest BCUT2D eigenvalue weighted by molar-refractivity contribution is -0.384. The van der Waals surface area contributed by atoms with Crippen LogP contribution in [0.25, 0.3) is 16.9 Å². The molecule has 0 aliphatic carbocycles. The van der Waals surface area contributed by atoms with Gasteiger partial charge in [-0.2, -0.15) is 18.3 Å². The highest BCUT2D eigenvalue weighted by Gasteiger charge is 2.35. The Hall–Kier alpha value is -3.54. The van der Waals surface area contributed by atoms with E-state index in [9.17, 15) is 28.1 Å². The summed E-state index contributed by atoms with van der Waals surface area (Å²) in [5.74, 6) is -0.633. The van der Waals surface area contributed by atoms with Crippen molar-refractivity contribution in [2.24, 2.45) is 0 Å². The molecule has 1 aliphatic rings. The monoisotopic (exact) mass is 435 g/mol. The number of carbonyl (C=O) groups is 1. The number of halogens is 3. The number of aromatic nitrogens is 3. The number of hydrogen-bond donors (Lipinski definition) is 1. The maximum atomic E-state index is 13.7. The van der Waals surface area contributed by atoms with E-state index < -0.39 is 22.7 Å². The Morgan fingerprint density at radius 1 is 1.29 bits per heavy atom. The predicted octanol–water partition coefficient (Wildman–Crippen LogP) is 3.23. The van der Waals surface area contributed by atoms with E-state index in [1.807, 2.05) is 0 Å². The van der Waals surface area contributed by atoms with E-state index in [0.717, 1.165) is 25.0 Å². The van der Waals surface area contributed by atoms with Gasteiger partial charge in [0.2, 0.25) is 0 Å². The number of nitro groups is 1. The van der Waals surface area contributed by atoms with Crippen molar-refractivity contribution in [1.29, 1.82) is 0 Å². The average molecular weight is 435 g/mol. The van der Waals surface area contributed by atoms with Gasteiger partial charge in [0.1, 0.15) is 0 Å². The second kappa shape index (κ2) is 7.95. The van der Waals surface area contributed by atoms with Crippen LogP contribution in [0.4, 0.5) is 18.9 Å². The Kier molecular flexibility index (Phi) is 5.31. The van der Waals surface area contributed by atoms with E-state index in [-0.39, 0.29) is 40.9 Å². The first-order chi connectivity index (χ1) is 14.7. The molecule has 1 aromatic carbocycles. The van der Waals surface area contributed by atoms with Crippen molar-refractivity contribution in [2.75, 3.05) is 13.2 Å². The molecule has 0 bridgehead atoms. The number of fused-ring (bicyclic) bond motifs is 1. The minimum Gasteiger partial charge on any atom is -0.376 e. The van der Waals surface area contributed by atoms with Gasteiger partial charge < -0.3 is 10.1 Å². The molecule has 1 atom stereocenters. The zero-order valence-corrected chi connectivity index (χ0v) is 15.9. The maximum Gasteiger partial charge on any atom is 0.433 e. The van der Waals surface area contributed by atoms with E-state index >= 15 is 0 Å². The van der Waals surface area contributed by atoms with Gasteiger partial charge >= 0.3 is 6.18 Å². The fraction of sp³-hybridized carbons (Fsp3) is 0.316. The summed E-state index contributed by atoms with van der Waals surface area (Å²) in [7, 11) is 0. The van der Waals surface area contributed by atoms with Crippen LogP contribution in [0.3, 0.4) is 0 Å². The zero-order valence-electron chi connectivity index (χ0n) is 15.9. The Morgan fingerprint density at radius 3 is 2.65 bits per heavy atom. The predicted molar refractivity (Wildman–Crippen MR) is 101 cm³/mol. The summed E-state index contributed by atoms with van der Waals surface area (Å²) in [6, 6.07) is 6.92. The van der Waals surface area contributed by atoms with Crippen LogP contribution in [-0.4, -0.2) is 44.7 Å². The molecule has 1 aliphatic heterocycles. The number of nitrogens with zero attached hydrogens (tertiary/aromatic N) is 4. The Balaban J connectivity index is 1.69. The van der Waals surface area contributed by atoms with E-state index in [0.29, 0.717) is 11.1 Å². The maximum absolute atomic E-state index is 13.7. The normalized spacial score (nSPS) is 16.5. The first-order valence-corrected chi connectivity index (χ1v) is 9.35. The molecule has 162 valence electrons.